The molecular weight excluding hydrogens is 358 g/mol. The highest BCUT2D eigenvalue weighted by Gasteiger charge is 2.23. The van der Waals surface area contributed by atoms with Gasteiger partial charge >= 0.3 is 0 Å². The van der Waals surface area contributed by atoms with Crippen LogP contribution in [0.15, 0.2) is 42.7 Å². The highest BCUT2D eigenvalue weighted by atomic mass is 16.5. The van der Waals surface area contributed by atoms with Crippen molar-refractivity contribution in [2.45, 2.75) is 12.8 Å². The summed E-state index contributed by atoms with van der Waals surface area (Å²) in [4.78, 5) is 36.7. The van der Waals surface area contributed by atoms with Crippen molar-refractivity contribution in [3.63, 3.8) is 0 Å². The minimum atomic E-state index is -0.256. The maximum absolute atomic E-state index is 12.4. The Morgan fingerprint density at radius 3 is 2.50 bits per heavy atom. The van der Waals surface area contributed by atoms with Gasteiger partial charge in [-0.2, -0.15) is 0 Å². The van der Waals surface area contributed by atoms with Crippen LogP contribution in [0.1, 0.15) is 12.0 Å². The van der Waals surface area contributed by atoms with Gasteiger partial charge < -0.3 is 19.9 Å². The van der Waals surface area contributed by atoms with Gasteiger partial charge in [0.1, 0.15) is 12.2 Å². The summed E-state index contributed by atoms with van der Waals surface area (Å²) in [7, 11) is 1.62. The molecule has 0 saturated carbocycles. The van der Waals surface area contributed by atoms with E-state index in [0.29, 0.717) is 45.1 Å². The fourth-order valence-corrected chi connectivity index (χ4v) is 3.17. The maximum atomic E-state index is 12.4. The number of amides is 2. The molecule has 8 heteroatoms. The summed E-state index contributed by atoms with van der Waals surface area (Å²) in [5.74, 6) is 1.06. The summed E-state index contributed by atoms with van der Waals surface area (Å²) in [5.41, 5.74) is 1.02. The number of hydrogen-bond donors (Lipinski definition) is 1. The second-order valence-corrected chi connectivity index (χ2v) is 6.51. The Labute approximate surface area is 164 Å². The normalized spacial score (nSPS) is 13.9. The summed E-state index contributed by atoms with van der Waals surface area (Å²) in [6.45, 7) is 2.90. The van der Waals surface area contributed by atoms with Crippen LogP contribution in [-0.4, -0.2) is 66.5 Å². The number of rotatable bonds is 7. The summed E-state index contributed by atoms with van der Waals surface area (Å²) >= 11 is 0. The summed E-state index contributed by atoms with van der Waals surface area (Å²) in [6.07, 6.45) is 3.93. The van der Waals surface area contributed by atoms with Gasteiger partial charge in [0.2, 0.25) is 17.8 Å². The lowest BCUT2D eigenvalue weighted by atomic mass is 10.1. The number of piperazine rings is 1. The molecule has 1 fully saturated rings. The molecule has 0 aliphatic carbocycles. The topological polar surface area (TPSA) is 87.7 Å². The predicted molar refractivity (Wildman–Crippen MR) is 105 cm³/mol. The van der Waals surface area contributed by atoms with Crippen molar-refractivity contribution in [1.29, 1.82) is 0 Å². The number of carbonyl (C=O) groups excluding carboxylic acids is 2. The average molecular weight is 383 g/mol. The number of aromatic nitrogens is 2. The van der Waals surface area contributed by atoms with Crippen molar-refractivity contribution < 1.29 is 14.3 Å². The van der Waals surface area contributed by atoms with Gasteiger partial charge in [-0.3, -0.25) is 9.59 Å². The Morgan fingerprint density at radius 2 is 1.79 bits per heavy atom. The average Bonchev–Trinajstić information content (AvgIpc) is 2.75. The molecule has 1 aliphatic heterocycles. The van der Waals surface area contributed by atoms with Gasteiger partial charge in [-0.1, -0.05) is 18.2 Å². The fourth-order valence-electron chi connectivity index (χ4n) is 3.17. The Bertz CT molecular complexity index is 791. The fraction of sp³-hybridized carbons (Fsp3) is 0.400. The summed E-state index contributed by atoms with van der Waals surface area (Å²) in [6, 6.07) is 9.47. The van der Waals surface area contributed by atoms with Crippen LogP contribution in [0.2, 0.25) is 0 Å². The minimum absolute atomic E-state index is 0.131. The Morgan fingerprint density at radius 1 is 1.07 bits per heavy atom. The first-order chi connectivity index (χ1) is 13.7. The van der Waals surface area contributed by atoms with Crippen molar-refractivity contribution in [3.05, 3.63) is 48.3 Å². The molecule has 1 N–H and O–H groups in total. The third kappa shape index (κ3) is 5.18. The first-order valence-electron chi connectivity index (χ1n) is 9.35. The zero-order valence-corrected chi connectivity index (χ0v) is 16.0. The standard InChI is InChI=1S/C20H25N5O3/c1-28-17-6-3-2-5-16(17)7-10-21-18(26)15-19(27)24-11-13-25(14-12-24)20-22-8-4-9-23-20/h2-6,8-9H,7,10-15H2,1H3,(H,21,26). The quantitative estimate of drug-likeness (QED) is 0.715. The number of hydrogen-bond acceptors (Lipinski definition) is 6. The molecule has 2 amide bonds. The Hall–Kier alpha value is -3.16. The van der Waals surface area contributed by atoms with Crippen molar-refractivity contribution in [3.8, 4) is 5.75 Å². The third-order valence-electron chi connectivity index (χ3n) is 4.69. The van der Waals surface area contributed by atoms with Gasteiger partial charge in [-0.15, -0.1) is 0 Å². The summed E-state index contributed by atoms with van der Waals surface area (Å²) < 4.78 is 5.30. The van der Waals surface area contributed by atoms with Gasteiger partial charge in [0.15, 0.2) is 0 Å². The smallest absolute Gasteiger partial charge is 0.232 e. The largest absolute Gasteiger partial charge is 0.496 e. The van der Waals surface area contributed by atoms with Crippen LogP contribution in [-0.2, 0) is 16.0 Å². The van der Waals surface area contributed by atoms with Gasteiger partial charge in [0.05, 0.1) is 7.11 Å². The molecule has 0 spiro atoms. The number of nitrogens with zero attached hydrogens (tertiary/aromatic N) is 4. The molecule has 1 aromatic heterocycles. The van der Waals surface area contributed by atoms with Gasteiger partial charge in [-0.25, -0.2) is 9.97 Å². The van der Waals surface area contributed by atoms with E-state index in [2.05, 4.69) is 15.3 Å². The molecule has 28 heavy (non-hydrogen) atoms. The molecule has 0 bridgehead atoms. The molecule has 8 nitrogen and oxygen atoms in total. The highest BCUT2D eigenvalue weighted by Crippen LogP contribution is 2.17. The van der Waals surface area contributed by atoms with Crippen LogP contribution >= 0.6 is 0 Å². The van der Waals surface area contributed by atoms with Gasteiger partial charge in [0.25, 0.3) is 0 Å². The monoisotopic (exact) mass is 383 g/mol. The van der Waals surface area contributed by atoms with Crippen molar-refractivity contribution in [2.75, 3.05) is 44.7 Å². The Balaban J connectivity index is 1.39. The Kier molecular flexibility index (Phi) is 6.78. The van der Waals surface area contributed by atoms with Crippen LogP contribution in [0.4, 0.5) is 5.95 Å². The zero-order chi connectivity index (χ0) is 19.8. The number of nitrogens with one attached hydrogen (secondary N) is 1. The zero-order valence-electron chi connectivity index (χ0n) is 16.0. The maximum Gasteiger partial charge on any atom is 0.232 e. The second-order valence-electron chi connectivity index (χ2n) is 6.51. The molecule has 2 heterocycles. The molecule has 3 rings (SSSR count). The number of para-hydroxylation sites is 1. The van der Waals surface area contributed by atoms with Crippen molar-refractivity contribution in [2.24, 2.45) is 0 Å². The van der Waals surface area contributed by atoms with Gasteiger partial charge in [0, 0.05) is 45.1 Å². The number of benzene rings is 1. The first-order valence-corrected chi connectivity index (χ1v) is 9.35. The highest BCUT2D eigenvalue weighted by molar-refractivity contribution is 5.96. The number of carbonyl (C=O) groups is 2. The van der Waals surface area contributed by atoms with Crippen LogP contribution in [0.3, 0.4) is 0 Å². The lowest BCUT2D eigenvalue weighted by Crippen LogP contribution is -2.50. The predicted octanol–water partition coefficient (Wildman–Crippen LogP) is 0.883. The molecule has 2 aromatic rings. The van der Waals surface area contributed by atoms with E-state index in [0.717, 1.165) is 11.3 Å². The number of methoxy groups -OCH3 is 1. The van der Waals surface area contributed by atoms with Crippen LogP contribution in [0.25, 0.3) is 0 Å². The molecule has 0 unspecified atom stereocenters. The molecule has 148 valence electrons. The lowest BCUT2D eigenvalue weighted by Gasteiger charge is -2.34. The van der Waals surface area contributed by atoms with Crippen molar-refractivity contribution >= 4 is 17.8 Å². The molecule has 1 aliphatic rings. The second kappa shape index (κ2) is 9.68. The van der Waals surface area contributed by atoms with E-state index in [4.69, 9.17) is 4.74 Å². The minimum Gasteiger partial charge on any atom is -0.496 e. The number of anilines is 1. The van der Waals surface area contributed by atoms with E-state index < -0.39 is 0 Å². The van der Waals surface area contributed by atoms with Crippen LogP contribution in [0.5, 0.6) is 5.75 Å². The molecular formula is C20H25N5O3. The van der Waals surface area contributed by atoms with E-state index in [-0.39, 0.29) is 18.2 Å². The molecule has 0 radical (unpaired) electrons. The third-order valence-corrected chi connectivity index (χ3v) is 4.69. The van der Waals surface area contributed by atoms with Crippen LogP contribution in [0, 0.1) is 0 Å². The van der Waals surface area contributed by atoms with Crippen LogP contribution < -0.4 is 15.0 Å². The van der Waals surface area contributed by atoms with E-state index in [1.54, 1.807) is 30.5 Å². The van der Waals surface area contributed by atoms with E-state index in [1.165, 1.54) is 0 Å². The van der Waals surface area contributed by atoms with Crippen molar-refractivity contribution in [1.82, 2.24) is 20.2 Å². The number of ether oxygens (including phenoxy) is 1. The van der Waals surface area contributed by atoms with Gasteiger partial charge in [-0.05, 0) is 24.1 Å². The molecule has 1 aromatic carbocycles. The first kappa shape index (κ1) is 19.6. The summed E-state index contributed by atoms with van der Waals surface area (Å²) in [5, 5.41) is 2.81. The van der Waals surface area contributed by atoms with E-state index >= 15 is 0 Å². The SMILES string of the molecule is COc1ccccc1CCNC(=O)CC(=O)N1CCN(c2ncccn2)CC1. The molecule has 0 atom stereocenters. The van der Waals surface area contributed by atoms with E-state index in [9.17, 15) is 9.59 Å². The lowest BCUT2D eigenvalue weighted by molar-refractivity contribution is -0.136. The van der Waals surface area contributed by atoms with E-state index in [1.807, 2.05) is 29.2 Å². The molecule has 1 saturated heterocycles.